The average molecular weight is 356 g/mol. The number of hydrogen-bond donors (Lipinski definition) is 1. The van der Waals surface area contributed by atoms with Crippen LogP contribution in [0.1, 0.15) is 65.4 Å². The largest absolute Gasteiger partial charge is 0.494 e. The topological polar surface area (TPSA) is 21.3 Å². The SMILES string of the molecule is CCCCCCCOc1ccc(Br)c(CNC(C)(C)C)c1. The van der Waals surface area contributed by atoms with Gasteiger partial charge in [-0.3, -0.25) is 0 Å². The molecule has 0 heterocycles. The van der Waals surface area contributed by atoms with E-state index >= 15 is 0 Å². The number of unbranched alkanes of at least 4 members (excludes halogenated alkanes) is 4. The average Bonchev–Trinajstić information content (AvgIpc) is 2.42. The van der Waals surface area contributed by atoms with Gasteiger partial charge in [-0.1, -0.05) is 48.5 Å². The van der Waals surface area contributed by atoms with Crippen LogP contribution in [0.25, 0.3) is 0 Å². The maximum atomic E-state index is 5.87. The van der Waals surface area contributed by atoms with Gasteiger partial charge in [0.2, 0.25) is 0 Å². The third-order valence-corrected chi connectivity index (χ3v) is 4.12. The summed E-state index contributed by atoms with van der Waals surface area (Å²) in [5, 5.41) is 3.51. The highest BCUT2D eigenvalue weighted by Gasteiger charge is 2.10. The minimum Gasteiger partial charge on any atom is -0.494 e. The molecule has 0 aromatic heterocycles. The van der Waals surface area contributed by atoms with E-state index in [4.69, 9.17) is 4.74 Å². The van der Waals surface area contributed by atoms with E-state index in [0.717, 1.165) is 29.8 Å². The van der Waals surface area contributed by atoms with E-state index in [9.17, 15) is 0 Å². The van der Waals surface area contributed by atoms with Crippen molar-refractivity contribution < 1.29 is 4.74 Å². The van der Waals surface area contributed by atoms with Crippen LogP contribution in [0.3, 0.4) is 0 Å². The summed E-state index contributed by atoms with van der Waals surface area (Å²) >= 11 is 3.61. The van der Waals surface area contributed by atoms with Gasteiger partial charge in [-0.25, -0.2) is 0 Å². The van der Waals surface area contributed by atoms with Gasteiger partial charge in [-0.15, -0.1) is 0 Å². The molecule has 0 saturated carbocycles. The Balaban J connectivity index is 2.41. The van der Waals surface area contributed by atoms with Crippen molar-refractivity contribution in [2.45, 2.75) is 71.9 Å². The number of ether oxygens (including phenoxy) is 1. The highest BCUT2D eigenvalue weighted by atomic mass is 79.9. The first-order chi connectivity index (χ1) is 9.92. The molecule has 0 aliphatic carbocycles. The summed E-state index contributed by atoms with van der Waals surface area (Å²) in [6, 6.07) is 6.25. The molecular weight excluding hydrogens is 326 g/mol. The Morgan fingerprint density at radius 3 is 2.48 bits per heavy atom. The van der Waals surface area contributed by atoms with Crippen molar-refractivity contribution in [3.8, 4) is 5.75 Å². The highest BCUT2D eigenvalue weighted by molar-refractivity contribution is 9.10. The van der Waals surface area contributed by atoms with Crippen LogP contribution in [-0.4, -0.2) is 12.1 Å². The molecule has 2 nitrogen and oxygen atoms in total. The van der Waals surface area contributed by atoms with Crippen molar-refractivity contribution in [1.29, 1.82) is 0 Å². The Morgan fingerprint density at radius 1 is 1.10 bits per heavy atom. The lowest BCUT2D eigenvalue weighted by atomic mass is 10.1. The fourth-order valence-electron chi connectivity index (χ4n) is 2.03. The molecule has 0 aliphatic rings. The zero-order valence-corrected chi connectivity index (χ0v) is 15.6. The van der Waals surface area contributed by atoms with Crippen molar-refractivity contribution in [1.82, 2.24) is 5.32 Å². The monoisotopic (exact) mass is 355 g/mol. The molecule has 0 fully saturated rings. The smallest absolute Gasteiger partial charge is 0.119 e. The Labute approximate surface area is 138 Å². The second-order valence-corrected chi connectivity index (χ2v) is 7.47. The van der Waals surface area contributed by atoms with Crippen LogP contribution in [0.5, 0.6) is 5.75 Å². The van der Waals surface area contributed by atoms with Crippen LogP contribution < -0.4 is 10.1 Å². The van der Waals surface area contributed by atoms with Gasteiger partial charge in [0.05, 0.1) is 6.61 Å². The van der Waals surface area contributed by atoms with Gasteiger partial charge in [0.15, 0.2) is 0 Å². The predicted molar refractivity (Wildman–Crippen MR) is 95.0 cm³/mol. The lowest BCUT2D eigenvalue weighted by Crippen LogP contribution is -2.35. The highest BCUT2D eigenvalue weighted by Crippen LogP contribution is 2.23. The molecular formula is C18H30BrNO. The van der Waals surface area contributed by atoms with Gasteiger partial charge >= 0.3 is 0 Å². The summed E-state index contributed by atoms with van der Waals surface area (Å²) in [5.41, 5.74) is 1.36. The Bertz CT molecular complexity index is 412. The number of nitrogens with one attached hydrogen (secondary N) is 1. The molecule has 0 aliphatic heterocycles. The summed E-state index contributed by atoms with van der Waals surface area (Å²) < 4.78 is 7.00. The minimum absolute atomic E-state index is 0.121. The quantitative estimate of drug-likeness (QED) is 0.574. The number of benzene rings is 1. The van der Waals surface area contributed by atoms with Gasteiger partial charge < -0.3 is 10.1 Å². The van der Waals surface area contributed by atoms with Gasteiger partial charge in [-0.2, -0.15) is 0 Å². The minimum atomic E-state index is 0.121. The van der Waals surface area contributed by atoms with Crippen LogP contribution in [0, 0.1) is 0 Å². The zero-order chi connectivity index (χ0) is 15.7. The molecule has 0 spiro atoms. The van der Waals surface area contributed by atoms with Gasteiger partial charge in [0.1, 0.15) is 5.75 Å². The van der Waals surface area contributed by atoms with Crippen LogP contribution in [0.15, 0.2) is 22.7 Å². The standard InChI is InChI=1S/C18H30BrNO/c1-5-6-7-8-9-12-21-16-10-11-17(19)15(13-16)14-20-18(2,3)4/h10-11,13,20H,5-9,12,14H2,1-4H3. The van der Waals surface area contributed by atoms with E-state index in [1.807, 2.05) is 6.07 Å². The molecule has 0 radical (unpaired) electrons. The Kier molecular flexibility index (Phi) is 8.35. The van der Waals surface area contributed by atoms with E-state index in [0.29, 0.717) is 0 Å². The first kappa shape index (κ1) is 18.5. The molecule has 0 atom stereocenters. The molecule has 1 aromatic carbocycles. The van der Waals surface area contributed by atoms with Crippen molar-refractivity contribution in [3.05, 3.63) is 28.2 Å². The van der Waals surface area contributed by atoms with Crippen molar-refractivity contribution in [2.24, 2.45) is 0 Å². The van der Waals surface area contributed by atoms with Gasteiger partial charge in [0.25, 0.3) is 0 Å². The second-order valence-electron chi connectivity index (χ2n) is 6.62. The van der Waals surface area contributed by atoms with Crippen molar-refractivity contribution in [2.75, 3.05) is 6.61 Å². The van der Waals surface area contributed by atoms with E-state index in [2.05, 4.69) is 61.1 Å². The number of halogens is 1. The molecule has 120 valence electrons. The van der Waals surface area contributed by atoms with E-state index in [1.165, 1.54) is 31.2 Å². The maximum Gasteiger partial charge on any atom is 0.119 e. The van der Waals surface area contributed by atoms with Crippen molar-refractivity contribution in [3.63, 3.8) is 0 Å². The van der Waals surface area contributed by atoms with Gasteiger partial charge in [0, 0.05) is 16.6 Å². The summed E-state index contributed by atoms with van der Waals surface area (Å²) in [4.78, 5) is 0. The second kappa shape index (κ2) is 9.47. The zero-order valence-electron chi connectivity index (χ0n) is 14.0. The third-order valence-electron chi connectivity index (χ3n) is 3.34. The number of hydrogen-bond acceptors (Lipinski definition) is 2. The molecule has 3 heteroatoms. The fourth-order valence-corrected chi connectivity index (χ4v) is 2.42. The van der Waals surface area contributed by atoms with Gasteiger partial charge in [-0.05, 0) is 51.0 Å². The molecule has 0 unspecified atom stereocenters. The van der Waals surface area contributed by atoms with Crippen LogP contribution in [0.2, 0.25) is 0 Å². The summed E-state index contributed by atoms with van der Waals surface area (Å²) in [5.74, 6) is 0.972. The molecule has 0 bridgehead atoms. The third kappa shape index (κ3) is 8.47. The lowest BCUT2D eigenvalue weighted by molar-refractivity contribution is 0.304. The first-order valence-electron chi connectivity index (χ1n) is 8.08. The van der Waals surface area contributed by atoms with E-state index in [-0.39, 0.29) is 5.54 Å². The molecule has 21 heavy (non-hydrogen) atoms. The lowest BCUT2D eigenvalue weighted by Gasteiger charge is -2.21. The van der Waals surface area contributed by atoms with Crippen LogP contribution in [0.4, 0.5) is 0 Å². The molecule has 0 amide bonds. The summed E-state index contributed by atoms with van der Waals surface area (Å²) in [7, 11) is 0. The van der Waals surface area contributed by atoms with Crippen molar-refractivity contribution >= 4 is 15.9 Å². The summed E-state index contributed by atoms with van der Waals surface area (Å²) in [6.07, 6.45) is 6.36. The molecule has 0 saturated heterocycles. The van der Waals surface area contributed by atoms with Crippen LogP contribution >= 0.6 is 15.9 Å². The number of rotatable bonds is 9. The predicted octanol–water partition coefficient (Wildman–Crippen LogP) is 5.69. The Hall–Kier alpha value is -0.540. The van der Waals surface area contributed by atoms with E-state index in [1.54, 1.807) is 0 Å². The first-order valence-corrected chi connectivity index (χ1v) is 8.88. The molecule has 1 rings (SSSR count). The van der Waals surface area contributed by atoms with E-state index < -0.39 is 0 Å². The fraction of sp³-hybridized carbons (Fsp3) is 0.667. The van der Waals surface area contributed by atoms with Crippen LogP contribution in [-0.2, 0) is 6.54 Å². The maximum absolute atomic E-state index is 5.87. The Morgan fingerprint density at radius 2 is 1.81 bits per heavy atom. The molecule has 1 aromatic rings. The summed E-state index contributed by atoms with van der Waals surface area (Å²) in [6.45, 7) is 10.4. The molecule has 1 N–H and O–H groups in total. The normalized spacial score (nSPS) is 11.7.